The summed E-state index contributed by atoms with van der Waals surface area (Å²) in [7, 11) is 0. The summed E-state index contributed by atoms with van der Waals surface area (Å²) < 4.78 is 5.62. The number of ether oxygens (including phenoxy) is 1. The Morgan fingerprint density at radius 2 is 1.87 bits per heavy atom. The molecule has 1 fully saturated rings. The predicted molar refractivity (Wildman–Crippen MR) is 61.4 cm³/mol. The zero-order valence-corrected chi connectivity index (χ0v) is 10.5. The van der Waals surface area contributed by atoms with Crippen molar-refractivity contribution < 1.29 is 4.74 Å². The molecule has 0 aromatic heterocycles. The molecule has 0 bridgehead atoms. The van der Waals surface area contributed by atoms with Gasteiger partial charge < -0.3 is 4.74 Å². The maximum atomic E-state index is 9.19. The highest BCUT2D eigenvalue weighted by Gasteiger charge is 2.39. The monoisotopic (exact) mass is 209 g/mol. The highest BCUT2D eigenvalue weighted by Crippen LogP contribution is 2.42. The first-order valence-corrected chi connectivity index (χ1v) is 5.99. The summed E-state index contributed by atoms with van der Waals surface area (Å²) in [6, 6.07) is 2.37. The number of rotatable bonds is 2. The predicted octanol–water partition coefficient (Wildman–Crippen LogP) is 3.52. The molecule has 0 unspecified atom stereocenters. The Kier molecular flexibility index (Phi) is 3.78. The number of nitrogens with zero attached hydrogens (tertiary/aromatic N) is 1. The number of nitriles is 1. The lowest BCUT2D eigenvalue weighted by atomic mass is 9.68. The standard InChI is InChI=1S/C13H23NO/c1-5-15-13(10-14)8-6-11(7-9-13)12(2,3)4/h11H,5-9H2,1-4H3. The Hall–Kier alpha value is -0.550. The molecule has 0 aliphatic heterocycles. The smallest absolute Gasteiger partial charge is 0.154 e. The van der Waals surface area contributed by atoms with Gasteiger partial charge in [0.15, 0.2) is 5.60 Å². The maximum absolute atomic E-state index is 9.19. The van der Waals surface area contributed by atoms with Crippen molar-refractivity contribution in [2.45, 2.75) is 59.0 Å². The average molecular weight is 209 g/mol. The fourth-order valence-corrected chi connectivity index (χ4v) is 2.51. The lowest BCUT2D eigenvalue weighted by molar-refractivity contribution is -0.0413. The molecule has 15 heavy (non-hydrogen) atoms. The van der Waals surface area contributed by atoms with Crippen molar-refractivity contribution in [1.29, 1.82) is 5.26 Å². The van der Waals surface area contributed by atoms with E-state index in [1.807, 2.05) is 6.92 Å². The first-order valence-electron chi connectivity index (χ1n) is 5.99. The van der Waals surface area contributed by atoms with Crippen LogP contribution in [0.3, 0.4) is 0 Å². The Morgan fingerprint density at radius 1 is 1.33 bits per heavy atom. The van der Waals surface area contributed by atoms with E-state index in [9.17, 15) is 5.26 Å². The van der Waals surface area contributed by atoms with Gasteiger partial charge in [0.05, 0.1) is 6.07 Å². The molecule has 86 valence electrons. The molecule has 0 aromatic rings. The van der Waals surface area contributed by atoms with Crippen LogP contribution in [0.15, 0.2) is 0 Å². The molecule has 0 heterocycles. The van der Waals surface area contributed by atoms with Crippen LogP contribution in [0.5, 0.6) is 0 Å². The van der Waals surface area contributed by atoms with Crippen molar-refractivity contribution in [1.82, 2.24) is 0 Å². The summed E-state index contributed by atoms with van der Waals surface area (Å²) >= 11 is 0. The second-order valence-electron chi connectivity index (χ2n) is 5.68. The fraction of sp³-hybridized carbons (Fsp3) is 0.923. The zero-order chi connectivity index (χ0) is 11.5. The van der Waals surface area contributed by atoms with Crippen molar-refractivity contribution in [2.24, 2.45) is 11.3 Å². The van der Waals surface area contributed by atoms with Gasteiger partial charge in [-0.2, -0.15) is 5.26 Å². The van der Waals surface area contributed by atoms with E-state index in [2.05, 4.69) is 26.8 Å². The zero-order valence-electron chi connectivity index (χ0n) is 10.5. The Labute approximate surface area is 93.6 Å². The normalized spacial score (nSPS) is 32.3. The Balaban J connectivity index is 2.58. The molecule has 0 atom stereocenters. The van der Waals surface area contributed by atoms with Crippen LogP contribution in [0.2, 0.25) is 0 Å². The van der Waals surface area contributed by atoms with E-state index in [-0.39, 0.29) is 0 Å². The van der Waals surface area contributed by atoms with Crippen molar-refractivity contribution in [3.63, 3.8) is 0 Å². The third kappa shape index (κ3) is 2.95. The SMILES string of the molecule is CCOC1(C#N)CCC(C(C)(C)C)CC1. The van der Waals surface area contributed by atoms with Gasteiger partial charge in [0, 0.05) is 6.61 Å². The van der Waals surface area contributed by atoms with Crippen LogP contribution >= 0.6 is 0 Å². The van der Waals surface area contributed by atoms with Crippen molar-refractivity contribution in [3.8, 4) is 6.07 Å². The summed E-state index contributed by atoms with van der Waals surface area (Å²) in [5.74, 6) is 0.736. The minimum Gasteiger partial charge on any atom is -0.360 e. The van der Waals surface area contributed by atoms with Crippen molar-refractivity contribution in [3.05, 3.63) is 0 Å². The molecule has 0 aromatic carbocycles. The van der Waals surface area contributed by atoms with E-state index in [1.165, 1.54) is 0 Å². The van der Waals surface area contributed by atoms with E-state index in [1.54, 1.807) is 0 Å². The minimum atomic E-state index is -0.476. The summed E-state index contributed by atoms with van der Waals surface area (Å²) in [6.07, 6.45) is 4.05. The molecule has 2 nitrogen and oxygen atoms in total. The van der Waals surface area contributed by atoms with Gasteiger partial charge in [-0.3, -0.25) is 0 Å². The third-order valence-electron chi connectivity index (χ3n) is 3.64. The summed E-state index contributed by atoms with van der Waals surface area (Å²) in [5, 5.41) is 9.19. The van der Waals surface area contributed by atoms with E-state index in [4.69, 9.17) is 4.74 Å². The second-order valence-corrected chi connectivity index (χ2v) is 5.68. The first kappa shape index (κ1) is 12.5. The van der Waals surface area contributed by atoms with Crippen molar-refractivity contribution in [2.75, 3.05) is 6.61 Å². The fourth-order valence-electron chi connectivity index (χ4n) is 2.51. The molecule has 0 N–H and O–H groups in total. The highest BCUT2D eigenvalue weighted by atomic mass is 16.5. The topological polar surface area (TPSA) is 33.0 Å². The van der Waals surface area contributed by atoms with Gasteiger partial charge >= 0.3 is 0 Å². The number of hydrogen-bond donors (Lipinski definition) is 0. The van der Waals surface area contributed by atoms with E-state index in [0.717, 1.165) is 31.6 Å². The van der Waals surface area contributed by atoms with Crippen molar-refractivity contribution >= 4 is 0 Å². The summed E-state index contributed by atoms with van der Waals surface area (Å²) in [6.45, 7) is 9.48. The Bertz CT molecular complexity index is 238. The van der Waals surface area contributed by atoms with E-state index >= 15 is 0 Å². The average Bonchev–Trinajstić information content (AvgIpc) is 2.17. The Morgan fingerprint density at radius 3 is 2.20 bits per heavy atom. The molecular weight excluding hydrogens is 186 g/mol. The van der Waals surface area contributed by atoms with Crippen LogP contribution in [-0.2, 0) is 4.74 Å². The van der Waals surface area contributed by atoms with Gasteiger partial charge in [0.25, 0.3) is 0 Å². The third-order valence-corrected chi connectivity index (χ3v) is 3.64. The molecular formula is C13H23NO. The molecule has 1 rings (SSSR count). The highest BCUT2D eigenvalue weighted by molar-refractivity contribution is 5.05. The molecule has 0 saturated heterocycles. The molecule has 1 aliphatic rings. The second kappa shape index (κ2) is 4.53. The minimum absolute atomic E-state index is 0.369. The summed E-state index contributed by atoms with van der Waals surface area (Å²) in [4.78, 5) is 0. The number of hydrogen-bond acceptors (Lipinski definition) is 2. The van der Waals surface area contributed by atoms with Gasteiger partial charge in [-0.1, -0.05) is 20.8 Å². The van der Waals surface area contributed by atoms with Gasteiger partial charge in [-0.25, -0.2) is 0 Å². The molecule has 0 amide bonds. The van der Waals surface area contributed by atoms with Crippen LogP contribution < -0.4 is 0 Å². The van der Waals surface area contributed by atoms with E-state index in [0.29, 0.717) is 12.0 Å². The lowest BCUT2D eigenvalue weighted by Gasteiger charge is -2.40. The van der Waals surface area contributed by atoms with Crippen LogP contribution in [0, 0.1) is 22.7 Å². The summed E-state index contributed by atoms with van der Waals surface area (Å²) in [5.41, 5.74) is -0.107. The largest absolute Gasteiger partial charge is 0.360 e. The van der Waals surface area contributed by atoms with E-state index < -0.39 is 5.60 Å². The van der Waals surface area contributed by atoms with Gasteiger partial charge in [0.1, 0.15) is 0 Å². The van der Waals surface area contributed by atoms with Crippen LogP contribution in [0.1, 0.15) is 53.4 Å². The van der Waals surface area contributed by atoms with Crippen LogP contribution in [0.25, 0.3) is 0 Å². The molecule has 1 aliphatic carbocycles. The van der Waals surface area contributed by atoms with Crippen LogP contribution in [-0.4, -0.2) is 12.2 Å². The molecule has 1 saturated carbocycles. The molecule has 0 spiro atoms. The van der Waals surface area contributed by atoms with Gasteiger partial charge in [0.2, 0.25) is 0 Å². The van der Waals surface area contributed by atoms with Gasteiger partial charge in [-0.05, 0) is 43.9 Å². The van der Waals surface area contributed by atoms with Gasteiger partial charge in [-0.15, -0.1) is 0 Å². The maximum Gasteiger partial charge on any atom is 0.154 e. The first-order chi connectivity index (χ1) is 6.93. The molecule has 2 heteroatoms. The van der Waals surface area contributed by atoms with Crippen LogP contribution in [0.4, 0.5) is 0 Å². The lowest BCUT2D eigenvalue weighted by Crippen LogP contribution is -2.38. The quantitative estimate of drug-likeness (QED) is 0.697. The molecule has 0 radical (unpaired) electrons.